The standard InChI is InChI=1S/C15H13IO3/c1-15(19,14(17)18)12-6-2-10(3-7-12)11-4-8-13(16)9-5-11/h2-9,19H,1H3,(H,17,18). The lowest BCUT2D eigenvalue weighted by Gasteiger charge is -2.18. The molecule has 0 aromatic heterocycles. The van der Waals surface area contributed by atoms with Crippen LogP contribution >= 0.6 is 22.6 Å². The Balaban J connectivity index is 2.33. The van der Waals surface area contributed by atoms with E-state index in [9.17, 15) is 9.90 Å². The predicted octanol–water partition coefficient (Wildman–Crippen LogP) is 3.25. The van der Waals surface area contributed by atoms with Crippen molar-refractivity contribution >= 4 is 28.6 Å². The quantitative estimate of drug-likeness (QED) is 0.818. The molecule has 0 fully saturated rings. The predicted molar refractivity (Wildman–Crippen MR) is 81.8 cm³/mol. The van der Waals surface area contributed by atoms with Crippen LogP contribution in [0.1, 0.15) is 12.5 Å². The molecule has 0 amide bonds. The fraction of sp³-hybridized carbons (Fsp3) is 0.133. The van der Waals surface area contributed by atoms with E-state index in [-0.39, 0.29) is 0 Å². The number of rotatable bonds is 3. The number of halogens is 1. The Bertz CT molecular complexity index is 586. The van der Waals surface area contributed by atoms with Crippen molar-refractivity contribution in [3.05, 3.63) is 57.7 Å². The highest BCUT2D eigenvalue weighted by atomic mass is 127. The molecular weight excluding hydrogens is 355 g/mol. The largest absolute Gasteiger partial charge is 0.479 e. The Morgan fingerprint density at radius 3 is 1.84 bits per heavy atom. The molecule has 98 valence electrons. The summed E-state index contributed by atoms with van der Waals surface area (Å²) in [4.78, 5) is 11.0. The minimum Gasteiger partial charge on any atom is -0.479 e. The summed E-state index contributed by atoms with van der Waals surface area (Å²) in [5.74, 6) is -1.26. The smallest absolute Gasteiger partial charge is 0.340 e. The molecule has 2 aromatic rings. The number of carboxylic acids is 1. The number of aliphatic carboxylic acids is 1. The monoisotopic (exact) mass is 368 g/mol. The van der Waals surface area contributed by atoms with E-state index in [1.165, 1.54) is 6.92 Å². The third-order valence-electron chi connectivity index (χ3n) is 3.04. The molecule has 2 N–H and O–H groups in total. The van der Waals surface area contributed by atoms with Crippen LogP contribution in [0.5, 0.6) is 0 Å². The highest BCUT2D eigenvalue weighted by Crippen LogP contribution is 2.25. The van der Waals surface area contributed by atoms with Crippen LogP contribution in [-0.2, 0) is 10.4 Å². The fourth-order valence-electron chi connectivity index (χ4n) is 1.75. The van der Waals surface area contributed by atoms with Crippen molar-refractivity contribution < 1.29 is 15.0 Å². The Kier molecular flexibility index (Phi) is 3.91. The number of hydrogen-bond donors (Lipinski definition) is 2. The molecule has 4 heteroatoms. The highest BCUT2D eigenvalue weighted by Gasteiger charge is 2.31. The van der Waals surface area contributed by atoms with Gasteiger partial charge in [-0.05, 0) is 58.3 Å². The second kappa shape index (κ2) is 5.30. The number of carbonyl (C=O) groups is 1. The minimum atomic E-state index is -1.86. The highest BCUT2D eigenvalue weighted by molar-refractivity contribution is 14.1. The molecule has 0 spiro atoms. The lowest BCUT2D eigenvalue weighted by atomic mass is 9.94. The van der Waals surface area contributed by atoms with Crippen LogP contribution in [0, 0.1) is 3.57 Å². The molecule has 2 rings (SSSR count). The van der Waals surface area contributed by atoms with Gasteiger partial charge < -0.3 is 10.2 Å². The summed E-state index contributed by atoms with van der Waals surface area (Å²) in [7, 11) is 0. The van der Waals surface area contributed by atoms with E-state index in [2.05, 4.69) is 22.6 Å². The Morgan fingerprint density at radius 2 is 1.42 bits per heavy atom. The number of aliphatic hydroxyl groups is 1. The lowest BCUT2D eigenvalue weighted by molar-refractivity contribution is -0.157. The van der Waals surface area contributed by atoms with Gasteiger partial charge in [-0.3, -0.25) is 0 Å². The van der Waals surface area contributed by atoms with E-state index in [0.717, 1.165) is 14.7 Å². The second-order valence-corrected chi connectivity index (χ2v) is 5.71. The summed E-state index contributed by atoms with van der Waals surface area (Å²) < 4.78 is 1.16. The second-order valence-electron chi connectivity index (χ2n) is 4.46. The SMILES string of the molecule is CC(O)(C(=O)O)c1ccc(-c2ccc(I)cc2)cc1. The average Bonchev–Trinajstić information content (AvgIpc) is 2.39. The first-order chi connectivity index (χ1) is 8.91. The van der Waals surface area contributed by atoms with E-state index >= 15 is 0 Å². The van der Waals surface area contributed by atoms with Gasteiger partial charge in [0.2, 0.25) is 0 Å². The van der Waals surface area contributed by atoms with Crippen LogP contribution in [0.2, 0.25) is 0 Å². The van der Waals surface area contributed by atoms with Crippen LogP contribution in [0.15, 0.2) is 48.5 Å². The fourth-order valence-corrected chi connectivity index (χ4v) is 2.11. The number of benzene rings is 2. The summed E-state index contributed by atoms with van der Waals surface area (Å²) >= 11 is 2.24. The molecule has 0 saturated heterocycles. The molecule has 3 nitrogen and oxygen atoms in total. The van der Waals surface area contributed by atoms with Gasteiger partial charge in [-0.2, -0.15) is 0 Å². The maximum Gasteiger partial charge on any atom is 0.340 e. The number of carboxylic acid groups (broad SMARTS) is 1. The van der Waals surface area contributed by atoms with Crippen molar-refractivity contribution in [2.24, 2.45) is 0 Å². The van der Waals surface area contributed by atoms with Gasteiger partial charge in [0.15, 0.2) is 5.60 Å². The summed E-state index contributed by atoms with van der Waals surface area (Å²) in [6.07, 6.45) is 0. The van der Waals surface area contributed by atoms with Gasteiger partial charge in [-0.1, -0.05) is 36.4 Å². The zero-order valence-corrected chi connectivity index (χ0v) is 12.5. The van der Waals surface area contributed by atoms with Gasteiger partial charge in [-0.15, -0.1) is 0 Å². The van der Waals surface area contributed by atoms with Gasteiger partial charge >= 0.3 is 5.97 Å². The zero-order chi connectivity index (χ0) is 14.0. The lowest BCUT2D eigenvalue weighted by Crippen LogP contribution is -2.31. The maximum atomic E-state index is 11.0. The van der Waals surface area contributed by atoms with Gasteiger partial charge in [0.25, 0.3) is 0 Å². The summed E-state index contributed by atoms with van der Waals surface area (Å²) in [6.45, 7) is 1.27. The summed E-state index contributed by atoms with van der Waals surface area (Å²) in [5.41, 5.74) is 0.558. The molecule has 1 unspecified atom stereocenters. The van der Waals surface area contributed by atoms with Crippen molar-refractivity contribution in [3.63, 3.8) is 0 Å². The van der Waals surface area contributed by atoms with Crippen molar-refractivity contribution in [1.82, 2.24) is 0 Å². The molecule has 0 aliphatic carbocycles. The minimum absolute atomic E-state index is 0.370. The first-order valence-corrected chi connectivity index (χ1v) is 6.81. The molecule has 2 aromatic carbocycles. The molecule has 19 heavy (non-hydrogen) atoms. The molecular formula is C15H13IO3. The van der Waals surface area contributed by atoms with Gasteiger partial charge in [0.05, 0.1) is 0 Å². The van der Waals surface area contributed by atoms with Gasteiger partial charge in [0.1, 0.15) is 0 Å². The van der Waals surface area contributed by atoms with E-state index in [1.807, 2.05) is 36.4 Å². The molecule has 0 saturated carbocycles. The molecule has 0 heterocycles. The van der Waals surface area contributed by atoms with E-state index in [4.69, 9.17) is 5.11 Å². The third-order valence-corrected chi connectivity index (χ3v) is 3.76. The normalized spacial score (nSPS) is 13.8. The topological polar surface area (TPSA) is 57.5 Å². The van der Waals surface area contributed by atoms with Crippen LogP contribution in [-0.4, -0.2) is 16.2 Å². The zero-order valence-electron chi connectivity index (χ0n) is 10.3. The number of hydrogen-bond acceptors (Lipinski definition) is 2. The maximum absolute atomic E-state index is 11.0. The van der Waals surface area contributed by atoms with Crippen molar-refractivity contribution in [1.29, 1.82) is 0 Å². The summed E-state index contributed by atoms with van der Waals surface area (Å²) in [6, 6.07) is 14.9. The Morgan fingerprint density at radius 1 is 1.00 bits per heavy atom. The summed E-state index contributed by atoms with van der Waals surface area (Å²) in [5, 5.41) is 18.8. The van der Waals surface area contributed by atoms with Crippen LogP contribution in [0.3, 0.4) is 0 Å². The van der Waals surface area contributed by atoms with Crippen LogP contribution in [0.4, 0.5) is 0 Å². The van der Waals surface area contributed by atoms with Gasteiger partial charge in [-0.25, -0.2) is 4.79 Å². The van der Waals surface area contributed by atoms with Crippen LogP contribution in [0.25, 0.3) is 11.1 Å². The van der Waals surface area contributed by atoms with Crippen molar-refractivity contribution in [2.45, 2.75) is 12.5 Å². The average molecular weight is 368 g/mol. The molecule has 0 aliphatic rings. The first kappa shape index (κ1) is 14.0. The Hall–Kier alpha value is -1.40. The van der Waals surface area contributed by atoms with Crippen LogP contribution < -0.4 is 0 Å². The van der Waals surface area contributed by atoms with E-state index < -0.39 is 11.6 Å². The first-order valence-electron chi connectivity index (χ1n) is 5.73. The van der Waals surface area contributed by atoms with Crippen molar-refractivity contribution in [2.75, 3.05) is 0 Å². The Labute approximate surface area is 125 Å². The molecule has 1 atom stereocenters. The van der Waals surface area contributed by atoms with E-state index in [0.29, 0.717) is 5.56 Å². The third kappa shape index (κ3) is 2.96. The van der Waals surface area contributed by atoms with E-state index in [1.54, 1.807) is 12.1 Å². The molecule has 0 radical (unpaired) electrons. The molecule has 0 bridgehead atoms. The molecule has 0 aliphatic heterocycles. The van der Waals surface area contributed by atoms with Crippen molar-refractivity contribution in [3.8, 4) is 11.1 Å². The van der Waals surface area contributed by atoms with Gasteiger partial charge in [0, 0.05) is 3.57 Å².